The number of rotatable bonds is 5. The highest BCUT2D eigenvalue weighted by Crippen LogP contribution is 2.41. The van der Waals surface area contributed by atoms with Crippen molar-refractivity contribution < 1.29 is 9.90 Å². The standard InChI is InChI=1S/C21H26O2S/c1-15(14-20(22)23)7-8-17-11-13-24-19(17)10-9-18-16(2)6-5-12-21(18,3)4/h7-11,13-14H,5-6,12H2,1-4H3,(H,22,23). The quantitative estimate of drug-likeness (QED) is 0.501. The van der Waals surface area contributed by atoms with E-state index in [-0.39, 0.29) is 5.41 Å². The van der Waals surface area contributed by atoms with Gasteiger partial charge in [0.2, 0.25) is 0 Å². The number of thiophene rings is 1. The van der Waals surface area contributed by atoms with Gasteiger partial charge in [0.25, 0.3) is 0 Å². The first-order chi connectivity index (χ1) is 11.3. The average molecular weight is 343 g/mol. The third kappa shape index (κ3) is 4.81. The fourth-order valence-corrected chi connectivity index (χ4v) is 4.02. The van der Waals surface area contributed by atoms with Gasteiger partial charge in [0.05, 0.1) is 0 Å². The second-order valence-corrected chi connectivity index (χ2v) is 8.01. The van der Waals surface area contributed by atoms with Gasteiger partial charge in [-0.25, -0.2) is 4.79 Å². The summed E-state index contributed by atoms with van der Waals surface area (Å²) in [6.45, 7) is 8.69. The van der Waals surface area contributed by atoms with Gasteiger partial charge in [0.15, 0.2) is 0 Å². The van der Waals surface area contributed by atoms with Crippen LogP contribution in [0.15, 0.2) is 46.4 Å². The maximum absolute atomic E-state index is 10.7. The highest BCUT2D eigenvalue weighted by molar-refractivity contribution is 7.11. The molecule has 3 heteroatoms. The van der Waals surface area contributed by atoms with Gasteiger partial charge >= 0.3 is 5.97 Å². The van der Waals surface area contributed by atoms with Gasteiger partial charge in [0.1, 0.15) is 0 Å². The predicted molar refractivity (Wildman–Crippen MR) is 104 cm³/mol. The Labute approximate surface area is 148 Å². The second kappa shape index (κ2) is 7.80. The molecular weight excluding hydrogens is 316 g/mol. The lowest BCUT2D eigenvalue weighted by Crippen LogP contribution is -2.18. The smallest absolute Gasteiger partial charge is 0.328 e. The summed E-state index contributed by atoms with van der Waals surface area (Å²) in [4.78, 5) is 11.9. The molecule has 1 aliphatic carbocycles. The van der Waals surface area contributed by atoms with Crippen molar-refractivity contribution in [3.63, 3.8) is 0 Å². The Morgan fingerprint density at radius 1 is 1.29 bits per heavy atom. The molecule has 0 bridgehead atoms. The van der Waals surface area contributed by atoms with E-state index in [1.54, 1.807) is 18.3 Å². The first-order valence-electron chi connectivity index (χ1n) is 8.35. The van der Waals surface area contributed by atoms with Crippen molar-refractivity contribution in [1.29, 1.82) is 0 Å². The Morgan fingerprint density at radius 3 is 2.71 bits per heavy atom. The minimum atomic E-state index is -0.912. The summed E-state index contributed by atoms with van der Waals surface area (Å²) in [5.41, 5.74) is 5.06. The Bertz CT molecular complexity index is 727. The number of hydrogen-bond donors (Lipinski definition) is 1. The predicted octanol–water partition coefficient (Wildman–Crippen LogP) is 6.33. The molecule has 0 spiro atoms. The highest BCUT2D eigenvalue weighted by atomic mass is 32.1. The van der Waals surface area contributed by atoms with E-state index in [1.165, 1.54) is 41.4 Å². The summed E-state index contributed by atoms with van der Waals surface area (Å²) >= 11 is 1.71. The molecule has 0 radical (unpaired) electrons. The molecule has 2 rings (SSSR count). The summed E-state index contributed by atoms with van der Waals surface area (Å²) in [6, 6.07) is 2.07. The summed E-state index contributed by atoms with van der Waals surface area (Å²) in [7, 11) is 0. The first-order valence-corrected chi connectivity index (χ1v) is 9.23. The third-order valence-electron chi connectivity index (χ3n) is 4.55. The van der Waals surface area contributed by atoms with Crippen LogP contribution in [-0.2, 0) is 4.79 Å². The van der Waals surface area contributed by atoms with Gasteiger partial charge in [-0.3, -0.25) is 0 Å². The maximum Gasteiger partial charge on any atom is 0.328 e. The van der Waals surface area contributed by atoms with Crippen molar-refractivity contribution in [2.75, 3.05) is 0 Å². The van der Waals surface area contributed by atoms with E-state index in [0.29, 0.717) is 0 Å². The Kier molecular flexibility index (Phi) is 6.00. The van der Waals surface area contributed by atoms with Crippen LogP contribution in [0.3, 0.4) is 0 Å². The minimum Gasteiger partial charge on any atom is -0.478 e. The molecule has 0 saturated carbocycles. The topological polar surface area (TPSA) is 37.3 Å². The lowest BCUT2D eigenvalue weighted by Gasteiger charge is -2.32. The van der Waals surface area contributed by atoms with Crippen LogP contribution < -0.4 is 0 Å². The number of carboxylic acid groups (broad SMARTS) is 1. The zero-order chi connectivity index (χ0) is 17.7. The SMILES string of the molecule is CC(C=Cc1ccsc1C=CC1=C(C)CCCC1(C)C)=CC(=O)O. The van der Waals surface area contributed by atoms with E-state index < -0.39 is 5.97 Å². The van der Waals surface area contributed by atoms with Gasteiger partial charge in [-0.15, -0.1) is 11.3 Å². The zero-order valence-electron chi connectivity index (χ0n) is 14.9. The molecule has 0 aromatic carbocycles. The maximum atomic E-state index is 10.7. The minimum absolute atomic E-state index is 0.243. The Morgan fingerprint density at radius 2 is 2.04 bits per heavy atom. The molecule has 1 heterocycles. The third-order valence-corrected chi connectivity index (χ3v) is 5.45. The van der Waals surface area contributed by atoms with Crippen LogP contribution in [0.1, 0.15) is 57.4 Å². The summed E-state index contributed by atoms with van der Waals surface area (Å²) in [6.07, 6.45) is 13.2. The molecule has 0 fully saturated rings. The molecule has 0 atom stereocenters. The lowest BCUT2D eigenvalue weighted by atomic mass is 9.72. The highest BCUT2D eigenvalue weighted by Gasteiger charge is 2.26. The van der Waals surface area contributed by atoms with Crippen LogP contribution in [0.5, 0.6) is 0 Å². The fraction of sp³-hybridized carbons (Fsp3) is 0.381. The van der Waals surface area contributed by atoms with E-state index in [2.05, 4.69) is 44.4 Å². The largest absolute Gasteiger partial charge is 0.478 e. The summed E-state index contributed by atoms with van der Waals surface area (Å²) in [5.74, 6) is -0.912. The molecule has 0 unspecified atom stereocenters. The molecule has 0 amide bonds. The van der Waals surface area contributed by atoms with Crippen molar-refractivity contribution >= 4 is 29.5 Å². The first kappa shape index (κ1) is 18.5. The van der Waals surface area contributed by atoms with Gasteiger partial charge in [0, 0.05) is 11.0 Å². The summed E-state index contributed by atoms with van der Waals surface area (Å²) < 4.78 is 0. The lowest BCUT2D eigenvalue weighted by molar-refractivity contribution is -0.131. The number of allylic oxidation sites excluding steroid dienone is 5. The molecule has 1 N–H and O–H groups in total. The van der Waals surface area contributed by atoms with Crippen molar-refractivity contribution in [1.82, 2.24) is 0 Å². The number of hydrogen-bond acceptors (Lipinski definition) is 2. The normalized spacial score (nSPS) is 18.8. The molecular formula is C21H26O2S. The number of aliphatic carboxylic acids is 1. The second-order valence-electron chi connectivity index (χ2n) is 7.06. The van der Waals surface area contributed by atoms with Crippen molar-refractivity contribution in [2.45, 2.75) is 47.0 Å². The molecule has 2 nitrogen and oxygen atoms in total. The van der Waals surface area contributed by atoms with E-state index in [1.807, 2.05) is 12.2 Å². The van der Waals surface area contributed by atoms with Crippen LogP contribution in [-0.4, -0.2) is 11.1 Å². The van der Waals surface area contributed by atoms with Gasteiger partial charge in [-0.2, -0.15) is 0 Å². The molecule has 1 aromatic rings. The molecule has 1 aliphatic rings. The number of carbonyl (C=O) groups is 1. The Hall–Kier alpha value is -1.87. The van der Waals surface area contributed by atoms with Crippen LogP contribution in [0.25, 0.3) is 12.2 Å². The van der Waals surface area contributed by atoms with Gasteiger partial charge in [-0.05, 0) is 72.8 Å². The fourth-order valence-electron chi connectivity index (χ4n) is 3.24. The van der Waals surface area contributed by atoms with Crippen molar-refractivity contribution in [3.8, 4) is 0 Å². The zero-order valence-corrected chi connectivity index (χ0v) is 15.7. The van der Waals surface area contributed by atoms with E-state index >= 15 is 0 Å². The molecule has 0 saturated heterocycles. The van der Waals surface area contributed by atoms with Gasteiger partial charge < -0.3 is 5.11 Å². The number of carboxylic acids is 1. The van der Waals surface area contributed by atoms with Crippen LogP contribution in [0.2, 0.25) is 0 Å². The van der Waals surface area contributed by atoms with Crippen LogP contribution in [0, 0.1) is 5.41 Å². The Balaban J connectivity index is 2.22. The van der Waals surface area contributed by atoms with E-state index in [4.69, 9.17) is 5.11 Å². The summed E-state index contributed by atoms with van der Waals surface area (Å²) in [5, 5.41) is 10.8. The van der Waals surface area contributed by atoms with Crippen LogP contribution >= 0.6 is 11.3 Å². The van der Waals surface area contributed by atoms with Crippen molar-refractivity contribution in [3.05, 3.63) is 56.8 Å². The van der Waals surface area contributed by atoms with Crippen molar-refractivity contribution in [2.24, 2.45) is 5.41 Å². The van der Waals surface area contributed by atoms with Crippen LogP contribution in [0.4, 0.5) is 0 Å². The average Bonchev–Trinajstić information content (AvgIpc) is 2.90. The van der Waals surface area contributed by atoms with Gasteiger partial charge in [-0.1, -0.05) is 37.6 Å². The van der Waals surface area contributed by atoms with E-state index in [0.717, 1.165) is 11.1 Å². The van der Waals surface area contributed by atoms with E-state index in [9.17, 15) is 4.79 Å². The molecule has 1 aromatic heterocycles. The molecule has 0 aliphatic heterocycles. The molecule has 128 valence electrons. The molecule has 24 heavy (non-hydrogen) atoms. The monoisotopic (exact) mass is 342 g/mol.